The summed E-state index contributed by atoms with van der Waals surface area (Å²) in [6, 6.07) is 9.29. The van der Waals surface area contributed by atoms with Gasteiger partial charge in [0.25, 0.3) is 5.91 Å². The number of nitriles is 1. The highest BCUT2D eigenvalue weighted by Crippen LogP contribution is 2.10. The van der Waals surface area contributed by atoms with E-state index in [0.717, 1.165) is 5.56 Å². The molecule has 0 aliphatic rings. The monoisotopic (exact) mass is 283 g/mol. The van der Waals surface area contributed by atoms with Gasteiger partial charge in [-0.15, -0.1) is 0 Å². The van der Waals surface area contributed by atoms with Crippen molar-refractivity contribution in [2.24, 2.45) is 11.7 Å². The summed E-state index contributed by atoms with van der Waals surface area (Å²) in [4.78, 5) is 14.3. The molecule has 0 saturated carbocycles. The van der Waals surface area contributed by atoms with Crippen molar-refractivity contribution >= 4 is 5.91 Å². The lowest BCUT2D eigenvalue weighted by atomic mass is 10.1. The Hall–Kier alpha value is -2.30. The van der Waals surface area contributed by atoms with E-state index in [-0.39, 0.29) is 5.91 Å². The van der Waals surface area contributed by atoms with Crippen LogP contribution in [0.25, 0.3) is 0 Å². The Labute approximate surface area is 126 Å². The fraction of sp³-hybridized carbons (Fsp3) is 0.412. The second-order valence-electron chi connectivity index (χ2n) is 5.14. The number of carbonyl (C=O) groups excluding carboxylic acids is 1. The molecule has 0 aliphatic carbocycles. The number of hydrogen-bond donors (Lipinski definition) is 1. The third-order valence-corrected chi connectivity index (χ3v) is 2.81. The maximum Gasteiger partial charge on any atom is 0.253 e. The van der Waals surface area contributed by atoms with Gasteiger partial charge in [-0.2, -0.15) is 5.26 Å². The fourth-order valence-corrected chi connectivity index (χ4v) is 1.97. The largest absolute Gasteiger partial charge is 0.337 e. The first-order chi connectivity index (χ1) is 10.1. The zero-order chi connectivity index (χ0) is 15.7. The normalized spacial score (nSPS) is 9.67. The summed E-state index contributed by atoms with van der Waals surface area (Å²) in [7, 11) is 0. The molecule has 0 unspecified atom stereocenters. The third kappa shape index (κ3) is 5.69. The standard InChI is InChI=1S/C17H21N3O/c1-14(2)13-20(11-5-10-19)17(21)16-8-3-6-15(12-16)7-4-9-18/h3,6,8,12,14H,5,9,11,13,18H2,1-2H3. The molecule has 4 heteroatoms. The predicted octanol–water partition coefficient (Wildman–Crippen LogP) is 2.01. The van der Waals surface area contributed by atoms with Gasteiger partial charge in [0.15, 0.2) is 0 Å². The van der Waals surface area contributed by atoms with Gasteiger partial charge in [0, 0.05) is 24.2 Å². The van der Waals surface area contributed by atoms with E-state index in [1.165, 1.54) is 0 Å². The van der Waals surface area contributed by atoms with Gasteiger partial charge in [0.05, 0.1) is 19.0 Å². The van der Waals surface area contributed by atoms with Crippen LogP contribution in [0.4, 0.5) is 0 Å². The molecule has 4 nitrogen and oxygen atoms in total. The van der Waals surface area contributed by atoms with Gasteiger partial charge in [-0.25, -0.2) is 0 Å². The summed E-state index contributed by atoms with van der Waals surface area (Å²) in [5.74, 6) is 6.00. The van der Waals surface area contributed by atoms with Crippen LogP contribution in [0.1, 0.15) is 36.2 Å². The Balaban J connectivity index is 2.94. The van der Waals surface area contributed by atoms with Gasteiger partial charge in [-0.3, -0.25) is 4.79 Å². The van der Waals surface area contributed by atoms with Crippen molar-refractivity contribution in [3.8, 4) is 17.9 Å². The molecule has 0 bridgehead atoms. The van der Waals surface area contributed by atoms with Crippen molar-refractivity contribution in [1.29, 1.82) is 5.26 Å². The minimum Gasteiger partial charge on any atom is -0.337 e. The summed E-state index contributed by atoms with van der Waals surface area (Å²) < 4.78 is 0. The maximum atomic E-state index is 12.6. The van der Waals surface area contributed by atoms with Gasteiger partial charge < -0.3 is 10.6 Å². The predicted molar refractivity (Wildman–Crippen MR) is 83.3 cm³/mol. The van der Waals surface area contributed by atoms with Crippen LogP contribution in [0.15, 0.2) is 24.3 Å². The highest BCUT2D eigenvalue weighted by Gasteiger charge is 2.16. The molecule has 110 valence electrons. The third-order valence-electron chi connectivity index (χ3n) is 2.81. The van der Waals surface area contributed by atoms with E-state index in [1.807, 2.05) is 12.1 Å². The van der Waals surface area contributed by atoms with Crippen molar-refractivity contribution in [3.63, 3.8) is 0 Å². The van der Waals surface area contributed by atoms with Crippen molar-refractivity contribution < 1.29 is 4.79 Å². The van der Waals surface area contributed by atoms with Crippen LogP contribution in [0, 0.1) is 29.1 Å². The van der Waals surface area contributed by atoms with E-state index in [1.54, 1.807) is 17.0 Å². The molecule has 0 saturated heterocycles. The Morgan fingerprint density at radius 2 is 2.19 bits per heavy atom. The second kappa shape index (κ2) is 8.79. The maximum absolute atomic E-state index is 12.6. The number of amides is 1. The van der Waals surface area contributed by atoms with Crippen LogP contribution < -0.4 is 5.73 Å². The van der Waals surface area contributed by atoms with Crippen LogP contribution in [-0.4, -0.2) is 30.4 Å². The van der Waals surface area contributed by atoms with Crippen LogP contribution in [0.5, 0.6) is 0 Å². The number of nitrogens with two attached hydrogens (primary N) is 1. The minimum atomic E-state index is -0.0599. The van der Waals surface area contributed by atoms with E-state index < -0.39 is 0 Å². The van der Waals surface area contributed by atoms with E-state index in [9.17, 15) is 4.79 Å². The molecule has 0 spiro atoms. The second-order valence-corrected chi connectivity index (χ2v) is 5.14. The molecule has 0 aromatic heterocycles. The number of hydrogen-bond acceptors (Lipinski definition) is 3. The molecule has 0 fully saturated rings. The van der Waals surface area contributed by atoms with Gasteiger partial charge in [0.1, 0.15) is 0 Å². The van der Waals surface area contributed by atoms with Crippen molar-refractivity contribution in [1.82, 2.24) is 4.90 Å². The first kappa shape index (κ1) is 16.8. The molecule has 0 heterocycles. The average molecular weight is 283 g/mol. The molecule has 0 atom stereocenters. The highest BCUT2D eigenvalue weighted by atomic mass is 16.2. The molecule has 0 aliphatic heterocycles. The van der Waals surface area contributed by atoms with E-state index in [0.29, 0.717) is 37.5 Å². The molecule has 1 amide bonds. The molecule has 1 aromatic carbocycles. The summed E-state index contributed by atoms with van der Waals surface area (Å²) in [5, 5.41) is 8.72. The summed E-state index contributed by atoms with van der Waals surface area (Å²) in [6.07, 6.45) is 0.338. The first-order valence-electron chi connectivity index (χ1n) is 7.03. The van der Waals surface area contributed by atoms with Gasteiger partial charge in [0.2, 0.25) is 0 Å². The first-order valence-corrected chi connectivity index (χ1v) is 7.03. The number of benzene rings is 1. The Morgan fingerprint density at radius 3 is 2.81 bits per heavy atom. The summed E-state index contributed by atoms with van der Waals surface area (Å²) >= 11 is 0. The minimum absolute atomic E-state index is 0.0599. The van der Waals surface area contributed by atoms with Gasteiger partial charge >= 0.3 is 0 Å². The Morgan fingerprint density at radius 1 is 1.43 bits per heavy atom. The Bertz CT molecular complexity index is 576. The molecule has 0 radical (unpaired) electrons. The highest BCUT2D eigenvalue weighted by molar-refractivity contribution is 5.94. The summed E-state index contributed by atoms with van der Waals surface area (Å²) in [6.45, 7) is 5.48. The van der Waals surface area contributed by atoms with Crippen LogP contribution in [0.2, 0.25) is 0 Å². The summed E-state index contributed by atoms with van der Waals surface area (Å²) in [5.41, 5.74) is 6.72. The van der Waals surface area contributed by atoms with Gasteiger partial charge in [-0.1, -0.05) is 31.8 Å². The van der Waals surface area contributed by atoms with Crippen LogP contribution in [0.3, 0.4) is 0 Å². The molecule has 21 heavy (non-hydrogen) atoms. The van der Waals surface area contributed by atoms with Crippen LogP contribution >= 0.6 is 0 Å². The number of rotatable bonds is 5. The van der Waals surface area contributed by atoms with Gasteiger partial charge in [-0.05, 0) is 24.1 Å². The fourth-order valence-electron chi connectivity index (χ4n) is 1.97. The topological polar surface area (TPSA) is 70.1 Å². The average Bonchev–Trinajstić information content (AvgIpc) is 2.48. The van der Waals surface area contributed by atoms with E-state index in [2.05, 4.69) is 31.8 Å². The zero-order valence-electron chi connectivity index (χ0n) is 12.6. The smallest absolute Gasteiger partial charge is 0.253 e. The molecule has 2 N–H and O–H groups in total. The van der Waals surface area contributed by atoms with Crippen molar-refractivity contribution in [3.05, 3.63) is 35.4 Å². The number of nitrogens with zero attached hydrogens (tertiary/aromatic N) is 2. The van der Waals surface area contributed by atoms with Crippen molar-refractivity contribution in [2.45, 2.75) is 20.3 Å². The van der Waals surface area contributed by atoms with Crippen LogP contribution in [-0.2, 0) is 0 Å². The molecule has 1 rings (SSSR count). The lowest BCUT2D eigenvalue weighted by molar-refractivity contribution is 0.0740. The lowest BCUT2D eigenvalue weighted by Gasteiger charge is -2.23. The van der Waals surface area contributed by atoms with Crippen molar-refractivity contribution in [2.75, 3.05) is 19.6 Å². The quantitative estimate of drug-likeness (QED) is 0.840. The molecular formula is C17H21N3O. The number of carbonyl (C=O) groups is 1. The van der Waals surface area contributed by atoms with E-state index in [4.69, 9.17) is 11.0 Å². The molecule has 1 aromatic rings. The SMILES string of the molecule is CC(C)CN(CCC#N)C(=O)c1cccc(C#CCN)c1. The molecular weight excluding hydrogens is 262 g/mol. The lowest BCUT2D eigenvalue weighted by Crippen LogP contribution is -2.35. The van der Waals surface area contributed by atoms with E-state index >= 15 is 0 Å². The zero-order valence-corrected chi connectivity index (χ0v) is 12.6. The Kier molecular flexibility index (Phi) is 7.01.